The first-order valence-corrected chi connectivity index (χ1v) is 8.61. The van der Waals surface area contributed by atoms with E-state index < -0.39 is 9.84 Å². The molecule has 1 N–H and O–H groups in total. The number of nitrogens with zero attached hydrogens (tertiary/aromatic N) is 1. The first-order chi connectivity index (χ1) is 9.03. The highest BCUT2D eigenvalue weighted by molar-refractivity contribution is 7.91. The smallest absolute Gasteiger partial charge is 0.152 e. The molecule has 0 saturated carbocycles. The van der Waals surface area contributed by atoms with Gasteiger partial charge in [-0.25, -0.2) is 8.42 Å². The Labute approximate surface area is 119 Å². The zero-order valence-corrected chi connectivity index (χ0v) is 12.6. The fourth-order valence-corrected chi connectivity index (χ4v) is 3.99. The Hall–Kier alpha value is -0.780. The first-order valence-electron chi connectivity index (χ1n) is 6.41. The highest BCUT2D eigenvalue weighted by atomic mass is 35.5. The average molecular weight is 303 g/mol. The summed E-state index contributed by atoms with van der Waals surface area (Å²) < 4.78 is 23.3. The molecular formula is C13H19ClN2O2S. The van der Waals surface area contributed by atoms with Gasteiger partial charge in [0, 0.05) is 19.6 Å². The molecule has 0 amide bonds. The summed E-state index contributed by atoms with van der Waals surface area (Å²) in [6.07, 6.45) is 0.659. The summed E-state index contributed by atoms with van der Waals surface area (Å²) in [5, 5.41) is 3.81. The lowest BCUT2D eigenvalue weighted by atomic mass is 10.1. The topological polar surface area (TPSA) is 49.4 Å². The van der Waals surface area contributed by atoms with Gasteiger partial charge in [0.1, 0.15) is 0 Å². The highest BCUT2D eigenvalue weighted by Crippen LogP contribution is 2.31. The van der Waals surface area contributed by atoms with Gasteiger partial charge in [0.05, 0.1) is 22.2 Å². The van der Waals surface area contributed by atoms with Crippen LogP contribution in [-0.4, -0.2) is 40.1 Å². The molecule has 1 aromatic rings. The molecule has 1 heterocycles. The van der Waals surface area contributed by atoms with Crippen LogP contribution in [0.2, 0.25) is 5.02 Å². The lowest BCUT2D eigenvalue weighted by molar-refractivity contribution is 0.597. The fourth-order valence-electron chi connectivity index (χ4n) is 2.41. The van der Waals surface area contributed by atoms with E-state index in [1.54, 1.807) is 0 Å². The van der Waals surface area contributed by atoms with E-state index in [-0.39, 0.29) is 11.5 Å². The number of hydrogen-bond acceptors (Lipinski definition) is 4. The van der Waals surface area contributed by atoms with Gasteiger partial charge in [-0.2, -0.15) is 0 Å². The largest absolute Gasteiger partial charge is 0.369 e. The van der Waals surface area contributed by atoms with Crippen molar-refractivity contribution in [1.82, 2.24) is 5.32 Å². The van der Waals surface area contributed by atoms with E-state index in [1.807, 2.05) is 25.2 Å². The predicted octanol–water partition coefficient (Wildman–Crippen LogP) is 1.68. The van der Waals surface area contributed by atoms with Gasteiger partial charge in [0.15, 0.2) is 9.84 Å². The van der Waals surface area contributed by atoms with E-state index in [4.69, 9.17) is 11.6 Å². The molecule has 6 heteroatoms. The number of para-hydroxylation sites is 1. The van der Waals surface area contributed by atoms with Gasteiger partial charge in [-0.1, -0.05) is 23.7 Å². The zero-order valence-electron chi connectivity index (χ0n) is 11.0. The molecule has 0 spiro atoms. The second-order valence-electron chi connectivity index (χ2n) is 4.77. The van der Waals surface area contributed by atoms with Crippen LogP contribution >= 0.6 is 11.6 Å². The van der Waals surface area contributed by atoms with Crippen molar-refractivity contribution in [3.8, 4) is 0 Å². The Morgan fingerprint density at radius 2 is 2.11 bits per heavy atom. The minimum Gasteiger partial charge on any atom is -0.369 e. The Kier molecular flexibility index (Phi) is 4.71. The van der Waals surface area contributed by atoms with Crippen molar-refractivity contribution in [2.75, 3.05) is 36.5 Å². The van der Waals surface area contributed by atoms with Crippen molar-refractivity contribution in [1.29, 1.82) is 0 Å². The van der Waals surface area contributed by atoms with E-state index >= 15 is 0 Å². The van der Waals surface area contributed by atoms with Crippen molar-refractivity contribution < 1.29 is 8.42 Å². The Bertz CT molecular complexity index is 546. The van der Waals surface area contributed by atoms with Crippen LogP contribution < -0.4 is 10.2 Å². The molecule has 4 nitrogen and oxygen atoms in total. The minimum atomic E-state index is -2.90. The van der Waals surface area contributed by atoms with E-state index in [9.17, 15) is 8.42 Å². The van der Waals surface area contributed by atoms with Crippen LogP contribution in [0.15, 0.2) is 18.2 Å². The third kappa shape index (κ3) is 3.61. The van der Waals surface area contributed by atoms with Crippen LogP contribution in [-0.2, 0) is 16.4 Å². The SMILES string of the molecule is CNCc1cccc(Cl)c1N1CCCS(=O)(=O)CC1. The monoisotopic (exact) mass is 302 g/mol. The molecule has 1 aliphatic rings. The van der Waals surface area contributed by atoms with Gasteiger partial charge in [-0.05, 0) is 25.1 Å². The molecule has 0 bridgehead atoms. The Morgan fingerprint density at radius 3 is 2.84 bits per heavy atom. The van der Waals surface area contributed by atoms with Gasteiger partial charge in [0.25, 0.3) is 0 Å². The number of halogens is 1. The predicted molar refractivity (Wildman–Crippen MR) is 79.7 cm³/mol. The van der Waals surface area contributed by atoms with E-state index in [1.165, 1.54) is 0 Å². The van der Waals surface area contributed by atoms with Gasteiger partial charge in [-0.15, -0.1) is 0 Å². The van der Waals surface area contributed by atoms with E-state index in [0.29, 0.717) is 18.0 Å². The summed E-state index contributed by atoms with van der Waals surface area (Å²) in [6, 6.07) is 5.81. The van der Waals surface area contributed by atoms with Gasteiger partial charge >= 0.3 is 0 Å². The Balaban J connectivity index is 2.30. The second kappa shape index (κ2) is 6.11. The molecule has 1 aromatic carbocycles. The number of rotatable bonds is 3. The molecule has 0 atom stereocenters. The second-order valence-corrected chi connectivity index (χ2v) is 7.48. The zero-order chi connectivity index (χ0) is 13.9. The van der Waals surface area contributed by atoms with Crippen LogP contribution in [0.5, 0.6) is 0 Å². The molecule has 0 radical (unpaired) electrons. The normalized spacial score (nSPS) is 19.2. The Morgan fingerprint density at radius 1 is 1.32 bits per heavy atom. The lowest BCUT2D eigenvalue weighted by Gasteiger charge is -2.26. The average Bonchev–Trinajstić information content (AvgIpc) is 2.51. The highest BCUT2D eigenvalue weighted by Gasteiger charge is 2.22. The van der Waals surface area contributed by atoms with Crippen molar-refractivity contribution in [3.63, 3.8) is 0 Å². The van der Waals surface area contributed by atoms with E-state index in [0.717, 1.165) is 24.3 Å². The van der Waals surface area contributed by atoms with Crippen LogP contribution in [0, 0.1) is 0 Å². The van der Waals surface area contributed by atoms with Crippen LogP contribution in [0.1, 0.15) is 12.0 Å². The number of anilines is 1. The summed E-state index contributed by atoms with van der Waals surface area (Å²) in [5.74, 6) is 0.479. The summed E-state index contributed by atoms with van der Waals surface area (Å²) in [6.45, 7) is 1.97. The molecule has 19 heavy (non-hydrogen) atoms. The molecule has 1 aliphatic heterocycles. The van der Waals surface area contributed by atoms with Gasteiger partial charge < -0.3 is 10.2 Å². The molecule has 2 rings (SSSR count). The van der Waals surface area contributed by atoms with Crippen LogP contribution in [0.3, 0.4) is 0 Å². The summed E-state index contributed by atoms with van der Waals surface area (Å²) >= 11 is 6.30. The summed E-state index contributed by atoms with van der Waals surface area (Å²) in [4.78, 5) is 2.10. The maximum atomic E-state index is 11.7. The molecule has 0 aromatic heterocycles. The summed E-state index contributed by atoms with van der Waals surface area (Å²) in [7, 11) is -1.01. The van der Waals surface area contributed by atoms with Crippen molar-refractivity contribution in [2.24, 2.45) is 0 Å². The van der Waals surface area contributed by atoms with Gasteiger partial charge in [-0.3, -0.25) is 0 Å². The quantitative estimate of drug-likeness (QED) is 0.923. The number of nitrogens with one attached hydrogen (secondary N) is 1. The molecule has 106 valence electrons. The minimum absolute atomic E-state index is 0.206. The number of hydrogen-bond donors (Lipinski definition) is 1. The molecule has 0 unspecified atom stereocenters. The standard InChI is InChI=1S/C13H19ClN2O2S/c1-15-10-11-4-2-5-12(14)13(11)16-6-3-8-19(17,18)9-7-16/h2,4-5,15H,3,6-10H2,1H3. The number of benzene rings is 1. The van der Waals surface area contributed by atoms with Crippen molar-refractivity contribution in [3.05, 3.63) is 28.8 Å². The lowest BCUT2D eigenvalue weighted by Crippen LogP contribution is -2.28. The third-order valence-electron chi connectivity index (χ3n) is 3.31. The number of sulfone groups is 1. The van der Waals surface area contributed by atoms with Gasteiger partial charge in [0.2, 0.25) is 0 Å². The maximum Gasteiger partial charge on any atom is 0.152 e. The molecular weight excluding hydrogens is 284 g/mol. The molecule has 1 saturated heterocycles. The maximum absolute atomic E-state index is 11.7. The first kappa shape index (κ1) is 14.6. The van der Waals surface area contributed by atoms with Crippen molar-refractivity contribution >= 4 is 27.1 Å². The third-order valence-corrected chi connectivity index (χ3v) is 5.33. The van der Waals surface area contributed by atoms with Crippen LogP contribution in [0.25, 0.3) is 0 Å². The fraction of sp³-hybridized carbons (Fsp3) is 0.538. The van der Waals surface area contributed by atoms with Crippen molar-refractivity contribution in [2.45, 2.75) is 13.0 Å². The molecule has 0 aliphatic carbocycles. The van der Waals surface area contributed by atoms with E-state index in [2.05, 4.69) is 10.2 Å². The molecule has 1 fully saturated rings. The summed E-state index contributed by atoms with van der Waals surface area (Å²) in [5.41, 5.74) is 2.07. The van der Waals surface area contributed by atoms with Crippen LogP contribution in [0.4, 0.5) is 5.69 Å².